The van der Waals surface area contributed by atoms with Crippen molar-refractivity contribution in [2.24, 2.45) is 0 Å². The van der Waals surface area contributed by atoms with Gasteiger partial charge in [-0.25, -0.2) is 0 Å². The molecule has 1 aromatic rings. The van der Waals surface area contributed by atoms with Crippen molar-refractivity contribution in [3.05, 3.63) is 23.8 Å². The minimum atomic E-state index is 0.0295. The van der Waals surface area contributed by atoms with E-state index >= 15 is 0 Å². The highest BCUT2D eigenvalue weighted by Gasteiger charge is 2.23. The SMILES string of the molecule is CCC(C)(C)N(C)c1ccc(N)cc1C#N. The van der Waals surface area contributed by atoms with Crippen molar-refractivity contribution in [2.75, 3.05) is 17.7 Å². The summed E-state index contributed by atoms with van der Waals surface area (Å²) in [6, 6.07) is 7.65. The molecule has 0 heterocycles. The molecule has 0 unspecified atom stereocenters. The average molecular weight is 217 g/mol. The van der Waals surface area contributed by atoms with E-state index in [2.05, 4.69) is 31.7 Å². The van der Waals surface area contributed by atoms with Crippen LogP contribution in [0.5, 0.6) is 0 Å². The summed E-state index contributed by atoms with van der Waals surface area (Å²) in [5, 5.41) is 9.10. The van der Waals surface area contributed by atoms with Gasteiger partial charge in [-0.05, 0) is 38.5 Å². The highest BCUT2D eigenvalue weighted by atomic mass is 15.2. The van der Waals surface area contributed by atoms with E-state index in [-0.39, 0.29) is 5.54 Å². The van der Waals surface area contributed by atoms with Crippen molar-refractivity contribution >= 4 is 11.4 Å². The monoisotopic (exact) mass is 217 g/mol. The lowest BCUT2D eigenvalue weighted by Crippen LogP contribution is -2.40. The van der Waals surface area contributed by atoms with Crippen molar-refractivity contribution in [3.8, 4) is 6.07 Å². The molecule has 16 heavy (non-hydrogen) atoms. The fourth-order valence-electron chi connectivity index (χ4n) is 1.50. The van der Waals surface area contributed by atoms with Gasteiger partial charge in [0.15, 0.2) is 0 Å². The topological polar surface area (TPSA) is 53.0 Å². The van der Waals surface area contributed by atoms with Gasteiger partial charge in [-0.3, -0.25) is 0 Å². The van der Waals surface area contributed by atoms with Gasteiger partial charge in [0.2, 0.25) is 0 Å². The first kappa shape index (κ1) is 12.4. The van der Waals surface area contributed by atoms with Crippen LogP contribution in [0.15, 0.2) is 18.2 Å². The quantitative estimate of drug-likeness (QED) is 0.792. The number of benzene rings is 1. The maximum atomic E-state index is 9.10. The number of nitrogen functional groups attached to an aromatic ring is 1. The largest absolute Gasteiger partial charge is 0.399 e. The van der Waals surface area contributed by atoms with Crippen LogP contribution in [0.1, 0.15) is 32.8 Å². The lowest BCUT2D eigenvalue weighted by atomic mass is 9.98. The molecular formula is C13H19N3. The fourth-order valence-corrected chi connectivity index (χ4v) is 1.50. The molecule has 0 saturated carbocycles. The summed E-state index contributed by atoms with van der Waals surface area (Å²) in [5.41, 5.74) is 7.89. The van der Waals surface area contributed by atoms with Crippen LogP contribution in [0.2, 0.25) is 0 Å². The van der Waals surface area contributed by atoms with Gasteiger partial charge >= 0.3 is 0 Å². The number of hydrogen-bond donors (Lipinski definition) is 1. The number of nitrogens with zero attached hydrogens (tertiary/aromatic N) is 2. The van der Waals surface area contributed by atoms with Gasteiger partial charge in [0.25, 0.3) is 0 Å². The molecule has 0 aliphatic carbocycles. The van der Waals surface area contributed by atoms with E-state index in [0.717, 1.165) is 12.1 Å². The van der Waals surface area contributed by atoms with Crippen molar-refractivity contribution in [1.82, 2.24) is 0 Å². The Morgan fingerprint density at radius 3 is 2.56 bits per heavy atom. The molecule has 0 radical (unpaired) electrons. The third kappa shape index (κ3) is 2.27. The number of anilines is 2. The van der Waals surface area contributed by atoms with Gasteiger partial charge in [-0.15, -0.1) is 0 Å². The molecule has 86 valence electrons. The molecule has 0 bridgehead atoms. The molecule has 1 aromatic carbocycles. The van der Waals surface area contributed by atoms with Crippen LogP contribution in [0.25, 0.3) is 0 Å². The number of nitriles is 1. The molecule has 3 nitrogen and oxygen atoms in total. The molecule has 0 aromatic heterocycles. The second kappa shape index (κ2) is 4.44. The third-order valence-corrected chi connectivity index (χ3v) is 3.28. The molecule has 0 spiro atoms. The number of hydrogen-bond acceptors (Lipinski definition) is 3. The number of rotatable bonds is 3. The standard InChI is InChI=1S/C13H19N3/c1-5-13(2,3)16(4)12-7-6-11(15)8-10(12)9-14/h6-8H,5,15H2,1-4H3. The van der Waals surface area contributed by atoms with Crippen LogP contribution >= 0.6 is 0 Å². The van der Waals surface area contributed by atoms with E-state index in [1.54, 1.807) is 6.07 Å². The molecule has 0 fully saturated rings. The van der Waals surface area contributed by atoms with Crippen LogP contribution in [-0.4, -0.2) is 12.6 Å². The van der Waals surface area contributed by atoms with E-state index in [0.29, 0.717) is 11.3 Å². The Balaban J connectivity index is 3.19. The molecule has 2 N–H and O–H groups in total. The minimum Gasteiger partial charge on any atom is -0.399 e. The lowest BCUT2D eigenvalue weighted by molar-refractivity contribution is 0.470. The Bertz CT molecular complexity index is 416. The smallest absolute Gasteiger partial charge is 0.101 e. The van der Waals surface area contributed by atoms with E-state index < -0.39 is 0 Å². The summed E-state index contributed by atoms with van der Waals surface area (Å²) in [4.78, 5) is 2.13. The van der Waals surface area contributed by atoms with E-state index in [1.165, 1.54) is 0 Å². The highest BCUT2D eigenvalue weighted by molar-refractivity contribution is 5.65. The van der Waals surface area contributed by atoms with Crippen LogP contribution in [0, 0.1) is 11.3 Å². The first-order valence-electron chi connectivity index (χ1n) is 5.46. The predicted molar refractivity (Wildman–Crippen MR) is 68.3 cm³/mol. The molecule has 3 heteroatoms. The predicted octanol–water partition coefficient (Wildman–Crippen LogP) is 2.77. The van der Waals surface area contributed by atoms with Gasteiger partial charge < -0.3 is 10.6 Å². The zero-order chi connectivity index (χ0) is 12.3. The van der Waals surface area contributed by atoms with Gasteiger partial charge in [0.1, 0.15) is 6.07 Å². The van der Waals surface area contributed by atoms with E-state index in [4.69, 9.17) is 11.0 Å². The lowest BCUT2D eigenvalue weighted by Gasteiger charge is -2.37. The zero-order valence-electron chi connectivity index (χ0n) is 10.4. The molecule has 0 aliphatic rings. The maximum Gasteiger partial charge on any atom is 0.101 e. The highest BCUT2D eigenvalue weighted by Crippen LogP contribution is 2.28. The van der Waals surface area contributed by atoms with E-state index in [1.807, 2.05) is 19.2 Å². The van der Waals surface area contributed by atoms with E-state index in [9.17, 15) is 0 Å². The first-order valence-corrected chi connectivity index (χ1v) is 5.46. The van der Waals surface area contributed by atoms with Crippen molar-refractivity contribution in [1.29, 1.82) is 5.26 Å². The van der Waals surface area contributed by atoms with Gasteiger partial charge in [0.05, 0.1) is 11.3 Å². The van der Waals surface area contributed by atoms with Crippen LogP contribution in [0.3, 0.4) is 0 Å². The Morgan fingerprint density at radius 1 is 1.44 bits per heavy atom. The normalized spacial score (nSPS) is 10.9. The van der Waals surface area contributed by atoms with Crippen molar-refractivity contribution < 1.29 is 0 Å². The second-order valence-electron chi connectivity index (χ2n) is 4.61. The minimum absolute atomic E-state index is 0.0295. The fraction of sp³-hybridized carbons (Fsp3) is 0.462. The first-order chi connectivity index (χ1) is 7.42. The Morgan fingerprint density at radius 2 is 2.06 bits per heavy atom. The Labute approximate surface area is 97.5 Å². The Kier molecular flexibility index (Phi) is 3.44. The number of nitrogens with two attached hydrogens (primary N) is 1. The van der Waals surface area contributed by atoms with Gasteiger partial charge in [-0.1, -0.05) is 6.92 Å². The van der Waals surface area contributed by atoms with Crippen LogP contribution < -0.4 is 10.6 Å². The zero-order valence-corrected chi connectivity index (χ0v) is 10.4. The van der Waals surface area contributed by atoms with Crippen LogP contribution in [-0.2, 0) is 0 Å². The molecule has 0 atom stereocenters. The Hall–Kier alpha value is -1.69. The maximum absolute atomic E-state index is 9.10. The van der Waals surface area contributed by atoms with Gasteiger partial charge in [0, 0.05) is 18.3 Å². The molecule has 0 aliphatic heterocycles. The molecule has 0 saturated heterocycles. The summed E-state index contributed by atoms with van der Waals surface area (Å²) in [5.74, 6) is 0. The van der Waals surface area contributed by atoms with Crippen molar-refractivity contribution in [2.45, 2.75) is 32.7 Å². The summed E-state index contributed by atoms with van der Waals surface area (Å²) in [7, 11) is 2.01. The average Bonchev–Trinajstić information content (AvgIpc) is 2.27. The van der Waals surface area contributed by atoms with Crippen molar-refractivity contribution in [3.63, 3.8) is 0 Å². The molecular weight excluding hydrogens is 198 g/mol. The summed E-state index contributed by atoms with van der Waals surface area (Å²) >= 11 is 0. The van der Waals surface area contributed by atoms with Crippen LogP contribution in [0.4, 0.5) is 11.4 Å². The summed E-state index contributed by atoms with van der Waals surface area (Å²) in [6.45, 7) is 6.45. The summed E-state index contributed by atoms with van der Waals surface area (Å²) < 4.78 is 0. The second-order valence-corrected chi connectivity index (χ2v) is 4.61. The molecule has 0 amide bonds. The summed E-state index contributed by atoms with van der Waals surface area (Å²) in [6.07, 6.45) is 1.01. The molecule has 1 rings (SSSR count). The third-order valence-electron chi connectivity index (χ3n) is 3.28. The van der Waals surface area contributed by atoms with Gasteiger partial charge in [-0.2, -0.15) is 5.26 Å².